The Balaban J connectivity index is 0.00000162. The van der Waals surface area contributed by atoms with E-state index in [0.717, 1.165) is 17.0 Å². The van der Waals surface area contributed by atoms with Crippen molar-refractivity contribution in [2.75, 3.05) is 6.61 Å². The number of rotatable bonds is 4. The van der Waals surface area contributed by atoms with Crippen LogP contribution in [0.5, 0.6) is 0 Å². The lowest BCUT2D eigenvalue weighted by molar-refractivity contribution is -0.689. The zero-order valence-electron chi connectivity index (χ0n) is 9.89. The zero-order chi connectivity index (χ0) is 12.3. The van der Waals surface area contributed by atoms with Crippen molar-refractivity contribution in [1.82, 2.24) is 0 Å². The molecule has 0 fully saturated rings. The molecule has 0 aliphatic heterocycles. The van der Waals surface area contributed by atoms with Crippen LogP contribution in [0, 0.1) is 18.3 Å². The Hall–Kier alpha value is -0.740. The van der Waals surface area contributed by atoms with Gasteiger partial charge in [0.1, 0.15) is 10.9 Å². The number of thiophene rings is 1. The highest BCUT2D eigenvalue weighted by atomic mass is 79.9. The minimum atomic E-state index is 0. The maximum atomic E-state index is 8.96. The fourth-order valence-electron chi connectivity index (χ4n) is 1.69. The molecule has 0 amide bonds. The second kappa shape index (κ2) is 7.00. The molecule has 2 rings (SSSR count). The standard InChI is InChI=1S/C12H13N2OS2.BrH/c1-9-11(2-4-15)17-8-14(9)7-10-3-5-16-12(10)6-13;/h3,5,8,15H,2,4,7H2,1H3;1H/q+1;/p-1. The van der Waals surface area contributed by atoms with Crippen LogP contribution in [-0.2, 0) is 13.0 Å². The SMILES string of the molecule is Cc1c(CCO)sc[n+]1Cc1ccsc1C#N.[Br-]. The van der Waals surface area contributed by atoms with Gasteiger partial charge in [0, 0.05) is 25.5 Å². The number of hydrogen-bond acceptors (Lipinski definition) is 4. The molecule has 0 saturated heterocycles. The molecule has 96 valence electrons. The highest BCUT2D eigenvalue weighted by molar-refractivity contribution is 7.10. The highest BCUT2D eigenvalue weighted by Gasteiger charge is 2.17. The third-order valence-corrected chi connectivity index (χ3v) is 4.69. The third-order valence-electron chi connectivity index (χ3n) is 2.68. The van der Waals surface area contributed by atoms with E-state index < -0.39 is 0 Å². The summed E-state index contributed by atoms with van der Waals surface area (Å²) < 4.78 is 2.14. The first-order chi connectivity index (χ1) is 8.26. The molecule has 0 aliphatic rings. The Morgan fingerprint density at radius 3 is 2.89 bits per heavy atom. The van der Waals surface area contributed by atoms with Crippen molar-refractivity contribution in [1.29, 1.82) is 5.26 Å². The second-order valence-electron chi connectivity index (χ2n) is 3.72. The van der Waals surface area contributed by atoms with Crippen molar-refractivity contribution < 1.29 is 26.7 Å². The zero-order valence-corrected chi connectivity index (χ0v) is 13.1. The van der Waals surface area contributed by atoms with E-state index in [1.54, 1.807) is 11.3 Å². The fraction of sp³-hybridized carbons (Fsp3) is 0.333. The van der Waals surface area contributed by atoms with Crippen LogP contribution in [0.15, 0.2) is 17.0 Å². The average molecular weight is 345 g/mol. The maximum Gasteiger partial charge on any atom is 0.225 e. The molecule has 0 bridgehead atoms. The van der Waals surface area contributed by atoms with Gasteiger partial charge in [-0.1, -0.05) is 11.3 Å². The van der Waals surface area contributed by atoms with Crippen molar-refractivity contribution in [3.05, 3.63) is 38.0 Å². The smallest absolute Gasteiger partial charge is 0.225 e. The molecule has 2 heterocycles. The molecule has 0 saturated carbocycles. The van der Waals surface area contributed by atoms with E-state index in [9.17, 15) is 0 Å². The molecular formula is C12H13BrN2OS2. The summed E-state index contributed by atoms with van der Waals surface area (Å²) in [5.41, 5.74) is 4.30. The van der Waals surface area contributed by atoms with Crippen molar-refractivity contribution in [2.24, 2.45) is 0 Å². The first-order valence-corrected chi connectivity index (χ1v) is 7.06. The van der Waals surface area contributed by atoms with Crippen LogP contribution in [0.25, 0.3) is 0 Å². The van der Waals surface area contributed by atoms with E-state index in [4.69, 9.17) is 10.4 Å². The Kier molecular flexibility index (Phi) is 5.96. The summed E-state index contributed by atoms with van der Waals surface area (Å²) in [5, 5.41) is 19.9. The predicted molar refractivity (Wildman–Crippen MR) is 68.2 cm³/mol. The molecule has 18 heavy (non-hydrogen) atoms. The first-order valence-electron chi connectivity index (χ1n) is 5.30. The van der Waals surface area contributed by atoms with Gasteiger partial charge in [0.2, 0.25) is 5.51 Å². The summed E-state index contributed by atoms with van der Waals surface area (Å²) in [6.45, 7) is 2.98. The van der Waals surface area contributed by atoms with Gasteiger partial charge in [-0.15, -0.1) is 11.3 Å². The predicted octanol–water partition coefficient (Wildman–Crippen LogP) is -1.14. The van der Waals surface area contributed by atoms with Crippen LogP contribution >= 0.6 is 22.7 Å². The van der Waals surface area contributed by atoms with Crippen molar-refractivity contribution >= 4 is 22.7 Å². The number of aliphatic hydroxyl groups excluding tert-OH is 1. The summed E-state index contributed by atoms with van der Waals surface area (Å²) >= 11 is 3.14. The number of nitrogens with zero attached hydrogens (tertiary/aromatic N) is 2. The highest BCUT2D eigenvalue weighted by Crippen LogP contribution is 2.17. The summed E-state index contributed by atoms with van der Waals surface area (Å²) in [6, 6.07) is 4.21. The monoisotopic (exact) mass is 344 g/mol. The molecule has 0 unspecified atom stereocenters. The van der Waals surface area contributed by atoms with Crippen molar-refractivity contribution in [3.63, 3.8) is 0 Å². The van der Waals surface area contributed by atoms with E-state index in [0.29, 0.717) is 6.42 Å². The summed E-state index contributed by atoms with van der Waals surface area (Å²) in [6.07, 6.45) is 0.707. The normalized spacial score (nSPS) is 9.83. The number of aromatic nitrogens is 1. The Labute approximate surface area is 125 Å². The molecule has 2 aromatic rings. The minimum Gasteiger partial charge on any atom is -1.00 e. The van der Waals surface area contributed by atoms with Gasteiger partial charge < -0.3 is 22.1 Å². The van der Waals surface area contributed by atoms with Crippen LogP contribution in [0.1, 0.15) is 21.0 Å². The van der Waals surface area contributed by atoms with Crippen LogP contribution in [0.4, 0.5) is 0 Å². The molecule has 0 aromatic carbocycles. The van der Waals surface area contributed by atoms with Crippen molar-refractivity contribution in [3.8, 4) is 6.07 Å². The average Bonchev–Trinajstić information content (AvgIpc) is 2.91. The summed E-state index contributed by atoms with van der Waals surface area (Å²) in [5.74, 6) is 0. The molecule has 3 nitrogen and oxygen atoms in total. The van der Waals surface area contributed by atoms with E-state index in [1.807, 2.05) is 11.4 Å². The van der Waals surface area contributed by atoms with Crippen LogP contribution in [-0.4, -0.2) is 11.7 Å². The topological polar surface area (TPSA) is 47.9 Å². The fourth-order valence-corrected chi connectivity index (χ4v) is 3.38. The van der Waals surface area contributed by atoms with Gasteiger partial charge in [-0.05, 0) is 11.4 Å². The van der Waals surface area contributed by atoms with Gasteiger partial charge >= 0.3 is 0 Å². The molecule has 6 heteroatoms. The van der Waals surface area contributed by atoms with E-state index in [-0.39, 0.29) is 23.6 Å². The van der Waals surface area contributed by atoms with E-state index in [1.165, 1.54) is 21.9 Å². The maximum absolute atomic E-state index is 8.96. The number of halogens is 1. The van der Waals surface area contributed by atoms with Gasteiger partial charge in [-0.3, -0.25) is 0 Å². The van der Waals surface area contributed by atoms with Gasteiger partial charge in [0.15, 0.2) is 12.2 Å². The molecule has 2 aromatic heterocycles. The Bertz CT molecular complexity index is 557. The number of hydrogen-bond donors (Lipinski definition) is 1. The Morgan fingerprint density at radius 1 is 1.44 bits per heavy atom. The van der Waals surface area contributed by atoms with E-state index >= 15 is 0 Å². The number of nitriles is 1. The third kappa shape index (κ3) is 3.18. The lowest BCUT2D eigenvalue weighted by Gasteiger charge is -1.95. The summed E-state index contributed by atoms with van der Waals surface area (Å²) in [4.78, 5) is 1.99. The Morgan fingerprint density at radius 2 is 2.22 bits per heavy atom. The van der Waals surface area contributed by atoms with Gasteiger partial charge in [0.05, 0.1) is 4.88 Å². The van der Waals surface area contributed by atoms with E-state index in [2.05, 4.69) is 23.1 Å². The quantitative estimate of drug-likeness (QED) is 0.713. The lowest BCUT2D eigenvalue weighted by atomic mass is 10.2. The molecule has 0 atom stereocenters. The van der Waals surface area contributed by atoms with Gasteiger partial charge in [-0.2, -0.15) is 9.83 Å². The molecule has 0 aliphatic carbocycles. The second-order valence-corrected chi connectivity index (χ2v) is 5.58. The van der Waals surface area contributed by atoms with Gasteiger partial charge in [0.25, 0.3) is 0 Å². The first kappa shape index (κ1) is 15.3. The molecular weight excluding hydrogens is 332 g/mol. The number of aliphatic hydroxyl groups is 1. The van der Waals surface area contributed by atoms with Crippen LogP contribution < -0.4 is 21.5 Å². The molecule has 1 N–H and O–H groups in total. The molecule has 0 radical (unpaired) electrons. The van der Waals surface area contributed by atoms with Crippen molar-refractivity contribution in [2.45, 2.75) is 19.9 Å². The van der Waals surface area contributed by atoms with Crippen LogP contribution in [0.2, 0.25) is 0 Å². The minimum absolute atomic E-state index is 0. The van der Waals surface area contributed by atoms with Gasteiger partial charge in [-0.25, -0.2) is 0 Å². The summed E-state index contributed by atoms with van der Waals surface area (Å²) in [7, 11) is 0. The number of thiazole rings is 1. The lowest BCUT2D eigenvalue weighted by Crippen LogP contribution is -3.00. The van der Waals surface area contributed by atoms with Crippen LogP contribution in [0.3, 0.4) is 0 Å². The largest absolute Gasteiger partial charge is 1.00 e. The molecule has 0 spiro atoms.